The topological polar surface area (TPSA) is 38.1 Å². The van der Waals surface area contributed by atoms with Gasteiger partial charge in [-0.1, -0.05) is 17.3 Å². The molecule has 3 rings (SSSR count). The van der Waals surface area contributed by atoms with E-state index in [2.05, 4.69) is 10.5 Å². The summed E-state index contributed by atoms with van der Waals surface area (Å²) in [5.41, 5.74) is 1.93. The first-order valence-electron chi connectivity index (χ1n) is 6.26. The molecule has 0 saturated carbocycles. The summed E-state index contributed by atoms with van der Waals surface area (Å²) in [5, 5.41) is 7.26. The second kappa shape index (κ2) is 4.90. The van der Waals surface area contributed by atoms with Gasteiger partial charge in [0.2, 0.25) is 0 Å². The van der Waals surface area contributed by atoms with Gasteiger partial charge in [-0.15, -0.1) is 0 Å². The van der Waals surface area contributed by atoms with Crippen molar-refractivity contribution < 1.29 is 8.91 Å². The van der Waals surface area contributed by atoms with E-state index in [1.165, 1.54) is 12.1 Å². The molecule has 3 nitrogen and oxygen atoms in total. The van der Waals surface area contributed by atoms with Crippen molar-refractivity contribution in [2.24, 2.45) is 0 Å². The van der Waals surface area contributed by atoms with Gasteiger partial charge < -0.3 is 9.84 Å². The number of nitrogens with one attached hydrogen (secondary N) is 1. The van der Waals surface area contributed by atoms with E-state index in [1.807, 2.05) is 0 Å². The highest BCUT2D eigenvalue weighted by Crippen LogP contribution is 2.32. The molecule has 94 valence electrons. The molecule has 1 N–H and O–H groups in total. The van der Waals surface area contributed by atoms with Crippen LogP contribution in [0.2, 0.25) is 0 Å². The summed E-state index contributed by atoms with van der Waals surface area (Å²) >= 11 is 0. The Morgan fingerprint density at radius 3 is 2.83 bits per heavy atom. The van der Waals surface area contributed by atoms with Gasteiger partial charge in [0, 0.05) is 18.0 Å². The van der Waals surface area contributed by atoms with Crippen LogP contribution in [0, 0.1) is 5.82 Å². The molecule has 1 saturated heterocycles. The summed E-state index contributed by atoms with van der Waals surface area (Å²) < 4.78 is 18.3. The van der Waals surface area contributed by atoms with E-state index in [4.69, 9.17) is 4.52 Å². The standard InChI is InChI=1S/C14H15FN2O/c15-12-5-3-10(4-6-12)13-9-17-18-14(13)11-2-1-7-16-8-11/h3-6,9,11,16H,1-2,7-8H2. The monoisotopic (exact) mass is 246 g/mol. The lowest BCUT2D eigenvalue weighted by Gasteiger charge is -2.21. The van der Waals surface area contributed by atoms with Crippen molar-refractivity contribution in [3.63, 3.8) is 0 Å². The molecule has 0 aliphatic carbocycles. The maximum atomic E-state index is 12.9. The molecule has 18 heavy (non-hydrogen) atoms. The number of piperidine rings is 1. The molecule has 0 amide bonds. The van der Waals surface area contributed by atoms with Gasteiger partial charge >= 0.3 is 0 Å². The fraction of sp³-hybridized carbons (Fsp3) is 0.357. The Balaban J connectivity index is 1.93. The van der Waals surface area contributed by atoms with Gasteiger partial charge in [-0.2, -0.15) is 0 Å². The van der Waals surface area contributed by atoms with Crippen molar-refractivity contribution in [3.05, 3.63) is 42.0 Å². The van der Waals surface area contributed by atoms with Gasteiger partial charge in [-0.3, -0.25) is 0 Å². The van der Waals surface area contributed by atoms with E-state index in [9.17, 15) is 4.39 Å². The molecule has 1 atom stereocenters. The Morgan fingerprint density at radius 2 is 2.11 bits per heavy atom. The van der Waals surface area contributed by atoms with Crippen LogP contribution in [0.1, 0.15) is 24.5 Å². The summed E-state index contributed by atoms with van der Waals surface area (Å²) in [7, 11) is 0. The maximum absolute atomic E-state index is 12.9. The zero-order chi connectivity index (χ0) is 12.4. The van der Waals surface area contributed by atoms with E-state index in [1.54, 1.807) is 18.3 Å². The average molecular weight is 246 g/mol. The number of halogens is 1. The van der Waals surface area contributed by atoms with Gasteiger partial charge in [-0.05, 0) is 37.1 Å². The van der Waals surface area contributed by atoms with E-state index in [-0.39, 0.29) is 5.82 Å². The molecule has 1 aliphatic heterocycles. The summed E-state index contributed by atoms with van der Waals surface area (Å²) in [5.74, 6) is 1.05. The summed E-state index contributed by atoms with van der Waals surface area (Å²) in [6, 6.07) is 6.46. The van der Waals surface area contributed by atoms with Crippen LogP contribution in [0.15, 0.2) is 35.0 Å². The highest BCUT2D eigenvalue weighted by molar-refractivity contribution is 5.65. The second-order valence-electron chi connectivity index (χ2n) is 4.65. The maximum Gasteiger partial charge on any atom is 0.148 e. The molecule has 1 aliphatic rings. The molecular formula is C14H15FN2O. The lowest BCUT2D eigenvalue weighted by molar-refractivity contribution is 0.330. The van der Waals surface area contributed by atoms with Crippen molar-refractivity contribution >= 4 is 0 Å². The first-order valence-corrected chi connectivity index (χ1v) is 6.26. The van der Waals surface area contributed by atoms with E-state index in [0.29, 0.717) is 5.92 Å². The predicted octanol–water partition coefficient (Wildman–Crippen LogP) is 2.95. The van der Waals surface area contributed by atoms with E-state index in [0.717, 1.165) is 42.8 Å². The molecular weight excluding hydrogens is 231 g/mol. The van der Waals surface area contributed by atoms with Crippen LogP contribution in [0.3, 0.4) is 0 Å². The molecule has 1 fully saturated rings. The third-order valence-electron chi connectivity index (χ3n) is 3.42. The third kappa shape index (κ3) is 2.16. The van der Waals surface area contributed by atoms with Crippen LogP contribution < -0.4 is 5.32 Å². The molecule has 0 radical (unpaired) electrons. The quantitative estimate of drug-likeness (QED) is 0.885. The highest BCUT2D eigenvalue weighted by Gasteiger charge is 2.22. The fourth-order valence-corrected chi connectivity index (χ4v) is 2.46. The minimum Gasteiger partial charge on any atom is -0.360 e. The zero-order valence-corrected chi connectivity index (χ0v) is 10.0. The van der Waals surface area contributed by atoms with Crippen molar-refractivity contribution in [1.29, 1.82) is 0 Å². The molecule has 1 aromatic carbocycles. The number of rotatable bonds is 2. The van der Waals surface area contributed by atoms with Crippen LogP contribution in [0.25, 0.3) is 11.1 Å². The van der Waals surface area contributed by atoms with Gasteiger partial charge in [0.25, 0.3) is 0 Å². The SMILES string of the molecule is Fc1ccc(-c2cnoc2C2CCCNC2)cc1. The van der Waals surface area contributed by atoms with Crippen molar-refractivity contribution in [2.45, 2.75) is 18.8 Å². The van der Waals surface area contributed by atoms with Gasteiger partial charge in [0.15, 0.2) is 0 Å². The molecule has 2 heterocycles. The number of hydrogen-bond acceptors (Lipinski definition) is 3. The van der Waals surface area contributed by atoms with E-state index >= 15 is 0 Å². The Morgan fingerprint density at radius 1 is 1.28 bits per heavy atom. The lowest BCUT2D eigenvalue weighted by Crippen LogP contribution is -2.28. The number of nitrogens with zero attached hydrogens (tertiary/aromatic N) is 1. The lowest BCUT2D eigenvalue weighted by atomic mass is 9.92. The normalized spacial score (nSPS) is 19.9. The first kappa shape index (κ1) is 11.4. The van der Waals surface area contributed by atoms with Crippen LogP contribution in [0.4, 0.5) is 4.39 Å². The van der Waals surface area contributed by atoms with Gasteiger partial charge in [0.05, 0.1) is 6.20 Å². The van der Waals surface area contributed by atoms with Crippen LogP contribution >= 0.6 is 0 Å². The van der Waals surface area contributed by atoms with Crippen LogP contribution in [-0.4, -0.2) is 18.2 Å². The van der Waals surface area contributed by atoms with Gasteiger partial charge in [0.1, 0.15) is 11.6 Å². The molecule has 0 bridgehead atoms. The molecule has 1 aromatic heterocycles. The third-order valence-corrected chi connectivity index (χ3v) is 3.42. The molecule has 2 aromatic rings. The van der Waals surface area contributed by atoms with Crippen LogP contribution in [0.5, 0.6) is 0 Å². The average Bonchev–Trinajstić information content (AvgIpc) is 2.90. The Bertz CT molecular complexity index is 515. The summed E-state index contributed by atoms with van der Waals surface area (Å²) in [6.07, 6.45) is 3.97. The van der Waals surface area contributed by atoms with Crippen molar-refractivity contribution in [2.75, 3.05) is 13.1 Å². The molecule has 0 spiro atoms. The Hall–Kier alpha value is -1.68. The second-order valence-corrected chi connectivity index (χ2v) is 4.65. The smallest absolute Gasteiger partial charge is 0.148 e. The Labute approximate surface area is 105 Å². The highest BCUT2D eigenvalue weighted by atomic mass is 19.1. The first-order chi connectivity index (χ1) is 8.84. The number of hydrogen-bond donors (Lipinski definition) is 1. The van der Waals surface area contributed by atoms with E-state index < -0.39 is 0 Å². The minimum atomic E-state index is -0.226. The summed E-state index contributed by atoms with van der Waals surface area (Å²) in [6.45, 7) is 1.99. The fourth-order valence-electron chi connectivity index (χ4n) is 2.46. The van der Waals surface area contributed by atoms with Crippen LogP contribution in [-0.2, 0) is 0 Å². The number of aromatic nitrogens is 1. The minimum absolute atomic E-state index is 0.226. The number of benzene rings is 1. The summed E-state index contributed by atoms with van der Waals surface area (Å²) in [4.78, 5) is 0. The van der Waals surface area contributed by atoms with Gasteiger partial charge in [-0.25, -0.2) is 4.39 Å². The van der Waals surface area contributed by atoms with Crippen molar-refractivity contribution in [3.8, 4) is 11.1 Å². The molecule has 4 heteroatoms. The largest absolute Gasteiger partial charge is 0.360 e. The Kier molecular flexibility index (Phi) is 3.11. The predicted molar refractivity (Wildman–Crippen MR) is 66.7 cm³/mol. The molecule has 1 unspecified atom stereocenters. The zero-order valence-electron chi connectivity index (χ0n) is 10.0. The van der Waals surface area contributed by atoms with Crippen molar-refractivity contribution in [1.82, 2.24) is 10.5 Å².